The van der Waals surface area contributed by atoms with Crippen LogP contribution in [0.4, 0.5) is 0 Å². The Balaban J connectivity index is 1.21. The van der Waals surface area contributed by atoms with Crippen molar-refractivity contribution in [2.45, 2.75) is 42.7 Å². The molecule has 9 heteroatoms. The maximum absolute atomic E-state index is 13.1. The average molecular weight is 492 g/mol. The first kappa shape index (κ1) is 23.2. The molecule has 2 fully saturated rings. The number of ether oxygens (including phenoxy) is 2. The van der Waals surface area contributed by atoms with Gasteiger partial charge in [-0.25, -0.2) is 4.79 Å². The van der Waals surface area contributed by atoms with Crippen molar-refractivity contribution in [1.29, 1.82) is 0 Å². The fraction of sp³-hybridized carbons (Fsp3) is 0.308. The molecule has 2 aliphatic heterocycles. The number of pyridine rings is 1. The van der Waals surface area contributed by atoms with Crippen LogP contribution in [0.25, 0.3) is 10.9 Å². The van der Waals surface area contributed by atoms with Crippen molar-refractivity contribution in [1.82, 2.24) is 15.2 Å². The van der Waals surface area contributed by atoms with E-state index in [0.717, 1.165) is 16.5 Å². The number of hydrogen-bond donors (Lipinski definition) is 1. The van der Waals surface area contributed by atoms with Crippen LogP contribution in [0.5, 0.6) is 5.75 Å². The van der Waals surface area contributed by atoms with Gasteiger partial charge in [-0.3, -0.25) is 14.6 Å². The van der Waals surface area contributed by atoms with Crippen molar-refractivity contribution < 1.29 is 23.9 Å². The summed E-state index contributed by atoms with van der Waals surface area (Å²) in [6.45, 7) is 3.69. The lowest BCUT2D eigenvalue weighted by Gasteiger charge is -2.43. The van der Waals surface area contributed by atoms with Crippen molar-refractivity contribution in [2.75, 3.05) is 6.61 Å². The zero-order valence-electron chi connectivity index (χ0n) is 19.3. The Bertz CT molecular complexity index is 1280. The number of esters is 1. The van der Waals surface area contributed by atoms with E-state index < -0.39 is 22.8 Å². The van der Waals surface area contributed by atoms with Crippen LogP contribution in [-0.4, -0.2) is 56.5 Å². The molecule has 3 atom stereocenters. The minimum absolute atomic E-state index is 0.0636. The molecule has 0 spiro atoms. The van der Waals surface area contributed by atoms with Gasteiger partial charge in [-0.05, 0) is 32.0 Å². The molecule has 0 radical (unpaired) electrons. The third kappa shape index (κ3) is 4.43. The second kappa shape index (κ2) is 9.22. The van der Waals surface area contributed by atoms with E-state index in [1.165, 1.54) is 16.7 Å². The van der Waals surface area contributed by atoms with Gasteiger partial charge in [0.1, 0.15) is 29.8 Å². The van der Waals surface area contributed by atoms with E-state index >= 15 is 0 Å². The van der Waals surface area contributed by atoms with Crippen LogP contribution < -0.4 is 10.1 Å². The Morgan fingerprint density at radius 1 is 1.09 bits per heavy atom. The molecule has 0 saturated carbocycles. The van der Waals surface area contributed by atoms with Gasteiger partial charge < -0.3 is 19.7 Å². The summed E-state index contributed by atoms with van der Waals surface area (Å²) in [5.41, 5.74) is 1.58. The number of carbonyl (C=O) groups excluding carboxylic acids is 3. The van der Waals surface area contributed by atoms with E-state index in [-0.39, 0.29) is 30.4 Å². The Hall–Kier alpha value is -3.59. The first-order valence-electron chi connectivity index (χ1n) is 11.3. The summed E-state index contributed by atoms with van der Waals surface area (Å²) in [7, 11) is 0. The van der Waals surface area contributed by atoms with E-state index in [1.807, 2.05) is 62.4 Å². The maximum Gasteiger partial charge on any atom is 0.330 e. The highest BCUT2D eigenvalue weighted by Gasteiger charge is 2.64. The Kier molecular flexibility index (Phi) is 6.10. The van der Waals surface area contributed by atoms with Gasteiger partial charge in [-0.15, -0.1) is 11.8 Å². The molecule has 8 nitrogen and oxygen atoms in total. The molecule has 3 heterocycles. The molecule has 2 saturated heterocycles. The average Bonchev–Trinajstić information content (AvgIpc) is 3.12. The van der Waals surface area contributed by atoms with Crippen LogP contribution in [0.1, 0.15) is 19.4 Å². The van der Waals surface area contributed by atoms with Crippen molar-refractivity contribution in [3.8, 4) is 5.75 Å². The summed E-state index contributed by atoms with van der Waals surface area (Å²) in [5, 5.41) is 3.37. The molecule has 0 unspecified atom stereocenters. The molecule has 1 aromatic heterocycles. The number of β-lactam (4-membered cyclic amide) rings is 1. The summed E-state index contributed by atoms with van der Waals surface area (Å²) in [4.78, 5) is 44.4. The third-order valence-electron chi connectivity index (χ3n) is 6.18. The predicted molar refractivity (Wildman–Crippen MR) is 131 cm³/mol. The minimum atomic E-state index is -0.748. The Morgan fingerprint density at radius 3 is 2.66 bits per heavy atom. The number of nitrogens with one attached hydrogen (secondary N) is 1. The number of amides is 2. The molecule has 180 valence electrons. The Morgan fingerprint density at radius 2 is 1.86 bits per heavy atom. The molecule has 0 aliphatic carbocycles. The molecular formula is C26H25N3O5S. The molecule has 3 aromatic rings. The fourth-order valence-electron chi connectivity index (χ4n) is 4.52. The Labute approximate surface area is 207 Å². The zero-order chi connectivity index (χ0) is 24.6. The second-order valence-corrected chi connectivity index (χ2v) is 10.8. The van der Waals surface area contributed by atoms with Gasteiger partial charge in [-0.1, -0.05) is 42.5 Å². The van der Waals surface area contributed by atoms with Crippen molar-refractivity contribution in [2.24, 2.45) is 0 Å². The largest absolute Gasteiger partial charge is 0.484 e. The van der Waals surface area contributed by atoms with Gasteiger partial charge in [0.05, 0.1) is 5.52 Å². The van der Waals surface area contributed by atoms with Crippen LogP contribution >= 0.6 is 11.8 Å². The van der Waals surface area contributed by atoms with E-state index in [2.05, 4.69) is 10.3 Å². The van der Waals surface area contributed by atoms with Crippen LogP contribution in [-0.2, 0) is 25.7 Å². The van der Waals surface area contributed by atoms with Gasteiger partial charge in [-0.2, -0.15) is 0 Å². The number of carbonyl (C=O) groups is 3. The van der Waals surface area contributed by atoms with Gasteiger partial charge in [0.25, 0.3) is 5.91 Å². The highest BCUT2D eigenvalue weighted by atomic mass is 32.2. The smallest absolute Gasteiger partial charge is 0.330 e. The fourth-order valence-corrected chi connectivity index (χ4v) is 6.14. The first-order valence-corrected chi connectivity index (χ1v) is 12.2. The second-order valence-electron chi connectivity index (χ2n) is 9.01. The minimum Gasteiger partial charge on any atom is -0.484 e. The van der Waals surface area contributed by atoms with Gasteiger partial charge in [0.15, 0.2) is 6.61 Å². The van der Waals surface area contributed by atoms with Gasteiger partial charge >= 0.3 is 5.97 Å². The topological polar surface area (TPSA) is 97.8 Å². The normalized spacial score (nSPS) is 22.3. The molecule has 2 aromatic carbocycles. The molecule has 2 amide bonds. The van der Waals surface area contributed by atoms with Crippen LogP contribution in [0.3, 0.4) is 0 Å². The van der Waals surface area contributed by atoms with E-state index in [1.54, 1.807) is 18.3 Å². The van der Waals surface area contributed by atoms with Crippen LogP contribution in [0.15, 0.2) is 66.9 Å². The number of fused-ring (bicyclic) bond motifs is 2. The number of para-hydroxylation sites is 2. The van der Waals surface area contributed by atoms with Crippen molar-refractivity contribution >= 4 is 40.4 Å². The number of hydrogen-bond acceptors (Lipinski definition) is 7. The summed E-state index contributed by atoms with van der Waals surface area (Å²) in [6.07, 6.45) is 1.70. The molecule has 2 aliphatic rings. The SMILES string of the molecule is CC1(C)S[C@@H]2[C@H](NC(=O)COc3ccccc3)C(=O)N2[C@H]1C(=O)OCc1cccc2cccnc12. The molecule has 35 heavy (non-hydrogen) atoms. The predicted octanol–water partition coefficient (Wildman–Crippen LogP) is 2.90. The highest BCUT2D eigenvalue weighted by molar-refractivity contribution is 8.01. The maximum atomic E-state index is 13.1. The number of benzene rings is 2. The summed E-state index contributed by atoms with van der Waals surface area (Å²) >= 11 is 1.48. The lowest BCUT2D eigenvalue weighted by atomic mass is 9.96. The number of rotatable bonds is 7. The highest BCUT2D eigenvalue weighted by Crippen LogP contribution is 2.51. The van der Waals surface area contributed by atoms with Crippen molar-refractivity contribution in [3.05, 3.63) is 72.4 Å². The standard InChI is InChI=1S/C26H25N3O5S/c1-26(2)22(25(32)34-14-17-9-6-8-16-10-7-13-27-20(16)17)29-23(31)21(24(29)35-26)28-19(30)15-33-18-11-4-3-5-12-18/h3-13,21-22,24H,14-15H2,1-2H3,(H,28,30)/t21-,22+,24-/m1/s1. The van der Waals surface area contributed by atoms with Crippen LogP contribution in [0, 0.1) is 0 Å². The molecule has 1 N–H and O–H groups in total. The molecule has 0 bridgehead atoms. The van der Waals surface area contributed by atoms with Gasteiger partial charge in [0.2, 0.25) is 5.91 Å². The van der Waals surface area contributed by atoms with Crippen LogP contribution in [0.2, 0.25) is 0 Å². The lowest BCUT2D eigenvalue weighted by Crippen LogP contribution is -2.71. The number of aromatic nitrogens is 1. The molecular weight excluding hydrogens is 466 g/mol. The number of nitrogens with zero attached hydrogens (tertiary/aromatic N) is 2. The van der Waals surface area contributed by atoms with E-state index in [9.17, 15) is 14.4 Å². The first-order chi connectivity index (χ1) is 16.8. The van der Waals surface area contributed by atoms with Crippen molar-refractivity contribution in [3.63, 3.8) is 0 Å². The third-order valence-corrected chi connectivity index (χ3v) is 7.75. The zero-order valence-corrected chi connectivity index (χ0v) is 20.2. The summed E-state index contributed by atoms with van der Waals surface area (Å²) in [6, 6.07) is 17.1. The number of thioether (sulfide) groups is 1. The molecule has 5 rings (SSSR count). The van der Waals surface area contributed by atoms with Gasteiger partial charge in [0, 0.05) is 21.9 Å². The quantitative estimate of drug-likeness (QED) is 0.401. The van der Waals surface area contributed by atoms with E-state index in [4.69, 9.17) is 9.47 Å². The monoisotopic (exact) mass is 491 g/mol. The van der Waals surface area contributed by atoms with E-state index in [0.29, 0.717) is 5.75 Å². The lowest BCUT2D eigenvalue weighted by molar-refractivity contribution is -0.165. The summed E-state index contributed by atoms with van der Waals surface area (Å²) < 4.78 is 10.6. The summed E-state index contributed by atoms with van der Waals surface area (Å²) in [5.74, 6) is -0.581.